The first kappa shape index (κ1) is 14.6. The molecule has 0 spiro atoms. The maximum absolute atomic E-state index is 13.7. The Hall–Kier alpha value is -1.82. The molecule has 0 aliphatic rings. The fourth-order valence-electron chi connectivity index (χ4n) is 2.23. The summed E-state index contributed by atoms with van der Waals surface area (Å²) in [7, 11) is 3.43. The highest BCUT2D eigenvalue weighted by Crippen LogP contribution is 2.25. The topological polar surface area (TPSA) is 29.9 Å². The van der Waals surface area contributed by atoms with E-state index in [4.69, 9.17) is 0 Å². The Kier molecular flexibility index (Phi) is 4.44. The molecule has 1 atom stereocenters. The Morgan fingerprint density at radius 2 is 1.90 bits per heavy atom. The zero-order chi connectivity index (χ0) is 14.7. The van der Waals surface area contributed by atoms with E-state index in [0.717, 1.165) is 5.56 Å². The first-order valence-electron chi connectivity index (χ1n) is 6.30. The molecule has 1 heterocycles. The molecule has 1 N–H and O–H groups in total. The van der Waals surface area contributed by atoms with Crippen molar-refractivity contribution in [3.63, 3.8) is 0 Å². The fraction of sp³-hybridized carbons (Fsp3) is 0.357. The second kappa shape index (κ2) is 6.09. The molecule has 0 saturated heterocycles. The summed E-state index contributed by atoms with van der Waals surface area (Å²) in [5, 5.41) is 6.91. The van der Waals surface area contributed by atoms with E-state index in [-0.39, 0.29) is 5.56 Å². The second-order valence-corrected chi connectivity index (χ2v) is 4.69. The molecule has 0 amide bonds. The van der Waals surface area contributed by atoms with Crippen LogP contribution < -0.4 is 5.32 Å². The van der Waals surface area contributed by atoms with Gasteiger partial charge in [-0.15, -0.1) is 0 Å². The van der Waals surface area contributed by atoms with Gasteiger partial charge in [-0.1, -0.05) is 0 Å². The molecule has 2 aromatic rings. The van der Waals surface area contributed by atoms with Crippen molar-refractivity contribution in [3.8, 4) is 0 Å². The van der Waals surface area contributed by atoms with Crippen molar-refractivity contribution in [2.75, 3.05) is 7.05 Å². The van der Waals surface area contributed by atoms with Crippen molar-refractivity contribution in [2.45, 2.75) is 18.9 Å². The van der Waals surface area contributed by atoms with Crippen LogP contribution in [0.4, 0.5) is 13.2 Å². The SMILES string of the molecule is CNC(CCc1cnn(C)c1)c1c(F)cc(F)cc1F. The minimum absolute atomic E-state index is 0.127. The lowest BCUT2D eigenvalue weighted by Gasteiger charge is -2.17. The number of nitrogens with zero attached hydrogens (tertiary/aromatic N) is 2. The van der Waals surface area contributed by atoms with Crippen LogP contribution in [0.3, 0.4) is 0 Å². The highest BCUT2D eigenvalue weighted by atomic mass is 19.1. The van der Waals surface area contributed by atoms with E-state index in [1.165, 1.54) is 0 Å². The van der Waals surface area contributed by atoms with Gasteiger partial charge in [-0.05, 0) is 25.5 Å². The van der Waals surface area contributed by atoms with Crippen LogP contribution in [0, 0.1) is 17.5 Å². The van der Waals surface area contributed by atoms with Gasteiger partial charge >= 0.3 is 0 Å². The van der Waals surface area contributed by atoms with Gasteiger partial charge in [0, 0.05) is 37.0 Å². The molecular formula is C14H16F3N3. The number of benzene rings is 1. The van der Waals surface area contributed by atoms with Gasteiger partial charge in [-0.3, -0.25) is 4.68 Å². The Morgan fingerprint density at radius 1 is 1.25 bits per heavy atom. The third kappa shape index (κ3) is 3.19. The van der Waals surface area contributed by atoms with E-state index in [1.54, 1.807) is 25.0 Å². The summed E-state index contributed by atoms with van der Waals surface area (Å²) in [5.74, 6) is -2.65. The average molecular weight is 283 g/mol. The molecule has 1 unspecified atom stereocenters. The maximum Gasteiger partial charge on any atom is 0.133 e. The van der Waals surface area contributed by atoms with Crippen molar-refractivity contribution in [3.05, 3.63) is 53.1 Å². The van der Waals surface area contributed by atoms with E-state index >= 15 is 0 Å². The van der Waals surface area contributed by atoms with E-state index in [0.29, 0.717) is 25.0 Å². The third-order valence-electron chi connectivity index (χ3n) is 3.22. The molecule has 0 aliphatic heterocycles. The van der Waals surface area contributed by atoms with Crippen LogP contribution in [0.5, 0.6) is 0 Å². The predicted octanol–water partition coefficient (Wildman–Crippen LogP) is 2.73. The summed E-state index contributed by atoms with van der Waals surface area (Å²) in [6.45, 7) is 0. The number of hydrogen-bond donors (Lipinski definition) is 1. The van der Waals surface area contributed by atoms with Crippen molar-refractivity contribution in [2.24, 2.45) is 7.05 Å². The molecular weight excluding hydrogens is 267 g/mol. The minimum Gasteiger partial charge on any atom is -0.313 e. The van der Waals surface area contributed by atoms with Crippen LogP contribution >= 0.6 is 0 Å². The number of hydrogen-bond acceptors (Lipinski definition) is 2. The normalized spacial score (nSPS) is 12.7. The smallest absolute Gasteiger partial charge is 0.133 e. The largest absolute Gasteiger partial charge is 0.313 e. The van der Waals surface area contributed by atoms with E-state index < -0.39 is 23.5 Å². The van der Waals surface area contributed by atoms with Gasteiger partial charge in [-0.2, -0.15) is 5.10 Å². The van der Waals surface area contributed by atoms with Crippen molar-refractivity contribution >= 4 is 0 Å². The summed E-state index contributed by atoms with van der Waals surface area (Å²) >= 11 is 0. The minimum atomic E-state index is -0.911. The summed E-state index contributed by atoms with van der Waals surface area (Å²) < 4.78 is 42.1. The summed E-state index contributed by atoms with van der Waals surface area (Å²) in [6.07, 6.45) is 4.67. The van der Waals surface area contributed by atoms with E-state index in [1.807, 2.05) is 6.20 Å². The average Bonchev–Trinajstić information content (AvgIpc) is 2.78. The number of aromatic nitrogens is 2. The quantitative estimate of drug-likeness (QED) is 0.914. The molecule has 0 aliphatic carbocycles. The lowest BCUT2D eigenvalue weighted by molar-refractivity contribution is 0.460. The number of rotatable bonds is 5. The molecule has 1 aromatic carbocycles. The van der Waals surface area contributed by atoms with Gasteiger partial charge in [0.25, 0.3) is 0 Å². The third-order valence-corrected chi connectivity index (χ3v) is 3.22. The van der Waals surface area contributed by atoms with Crippen LogP contribution in [0.1, 0.15) is 23.6 Å². The van der Waals surface area contributed by atoms with E-state index in [9.17, 15) is 13.2 Å². The molecule has 0 radical (unpaired) electrons. The summed E-state index contributed by atoms with van der Waals surface area (Å²) in [5.41, 5.74) is 0.855. The summed E-state index contributed by atoms with van der Waals surface area (Å²) in [4.78, 5) is 0. The second-order valence-electron chi connectivity index (χ2n) is 4.69. The van der Waals surface area contributed by atoms with Crippen LogP contribution in [-0.2, 0) is 13.5 Å². The monoisotopic (exact) mass is 283 g/mol. The number of aryl methyl sites for hydroxylation is 2. The van der Waals surface area contributed by atoms with E-state index in [2.05, 4.69) is 10.4 Å². The van der Waals surface area contributed by atoms with Gasteiger partial charge in [0.05, 0.1) is 6.20 Å². The van der Waals surface area contributed by atoms with Crippen molar-refractivity contribution in [1.82, 2.24) is 15.1 Å². The van der Waals surface area contributed by atoms with Crippen LogP contribution in [-0.4, -0.2) is 16.8 Å². The molecule has 2 rings (SSSR count). The Labute approximate surface area is 115 Å². The van der Waals surface area contributed by atoms with Crippen LogP contribution in [0.2, 0.25) is 0 Å². The number of nitrogens with one attached hydrogen (secondary N) is 1. The van der Waals surface area contributed by atoms with Gasteiger partial charge < -0.3 is 5.32 Å². The highest BCUT2D eigenvalue weighted by molar-refractivity contribution is 5.24. The Balaban J connectivity index is 2.16. The Bertz CT molecular complexity index is 572. The maximum atomic E-state index is 13.7. The lowest BCUT2D eigenvalue weighted by Crippen LogP contribution is -2.20. The Morgan fingerprint density at radius 3 is 2.40 bits per heavy atom. The van der Waals surface area contributed by atoms with Gasteiger partial charge in [0.2, 0.25) is 0 Å². The van der Waals surface area contributed by atoms with Crippen molar-refractivity contribution in [1.29, 1.82) is 0 Å². The molecule has 108 valence electrons. The first-order valence-corrected chi connectivity index (χ1v) is 6.30. The molecule has 0 saturated carbocycles. The zero-order valence-electron chi connectivity index (χ0n) is 11.3. The highest BCUT2D eigenvalue weighted by Gasteiger charge is 2.20. The first-order chi connectivity index (χ1) is 9.51. The lowest BCUT2D eigenvalue weighted by atomic mass is 9.99. The van der Waals surface area contributed by atoms with Crippen molar-refractivity contribution < 1.29 is 13.2 Å². The standard InChI is InChI=1S/C14H16F3N3/c1-18-13(4-3-9-7-19-20(2)8-9)14-11(16)5-10(15)6-12(14)17/h5-8,13,18H,3-4H2,1-2H3. The van der Waals surface area contributed by atoms with Gasteiger partial charge in [0.15, 0.2) is 0 Å². The van der Waals surface area contributed by atoms with Crippen LogP contribution in [0.25, 0.3) is 0 Å². The van der Waals surface area contributed by atoms with Gasteiger partial charge in [-0.25, -0.2) is 13.2 Å². The van der Waals surface area contributed by atoms with Crippen LogP contribution in [0.15, 0.2) is 24.5 Å². The predicted molar refractivity (Wildman–Crippen MR) is 69.6 cm³/mol. The molecule has 3 nitrogen and oxygen atoms in total. The zero-order valence-corrected chi connectivity index (χ0v) is 11.3. The molecule has 20 heavy (non-hydrogen) atoms. The fourth-order valence-corrected chi connectivity index (χ4v) is 2.23. The number of halogens is 3. The molecule has 1 aromatic heterocycles. The summed E-state index contributed by atoms with van der Waals surface area (Å²) in [6, 6.07) is 0.885. The molecule has 0 bridgehead atoms. The molecule has 0 fully saturated rings. The van der Waals surface area contributed by atoms with Gasteiger partial charge in [0.1, 0.15) is 17.5 Å². The molecule has 6 heteroatoms.